The van der Waals surface area contributed by atoms with Crippen molar-refractivity contribution in [3.8, 4) is 0 Å². The summed E-state index contributed by atoms with van der Waals surface area (Å²) in [7, 11) is -3.25. The van der Waals surface area contributed by atoms with Crippen LogP contribution in [-0.4, -0.2) is 31.6 Å². The van der Waals surface area contributed by atoms with Crippen LogP contribution >= 0.6 is 0 Å². The van der Waals surface area contributed by atoms with E-state index in [2.05, 4.69) is 10.3 Å². The Bertz CT molecular complexity index is 866. The summed E-state index contributed by atoms with van der Waals surface area (Å²) in [5, 5.41) is 2.85. The van der Waals surface area contributed by atoms with E-state index in [1.165, 1.54) is 4.31 Å². The van der Waals surface area contributed by atoms with Crippen LogP contribution in [0.15, 0.2) is 42.7 Å². The first-order chi connectivity index (χ1) is 12.0. The quantitative estimate of drug-likeness (QED) is 0.908. The fourth-order valence-electron chi connectivity index (χ4n) is 2.92. The van der Waals surface area contributed by atoms with E-state index in [1.54, 1.807) is 30.6 Å². The summed E-state index contributed by atoms with van der Waals surface area (Å²) in [5.41, 5.74) is 2.87. The maximum Gasteiger partial charge on any atom is 0.251 e. The first-order valence-electron chi connectivity index (χ1n) is 8.25. The molecule has 0 unspecified atom stereocenters. The van der Waals surface area contributed by atoms with Gasteiger partial charge in [0.15, 0.2) is 0 Å². The second-order valence-electron chi connectivity index (χ2n) is 6.14. The van der Waals surface area contributed by atoms with Crippen molar-refractivity contribution in [1.29, 1.82) is 0 Å². The molecule has 0 atom stereocenters. The molecule has 3 rings (SSSR count). The van der Waals surface area contributed by atoms with Crippen molar-refractivity contribution >= 4 is 21.6 Å². The molecule has 132 valence electrons. The molecule has 1 aromatic carbocycles. The van der Waals surface area contributed by atoms with Crippen LogP contribution in [0.5, 0.6) is 0 Å². The predicted octanol–water partition coefficient (Wildman–Crippen LogP) is 2.25. The van der Waals surface area contributed by atoms with Crippen molar-refractivity contribution in [2.45, 2.75) is 26.3 Å². The summed E-state index contributed by atoms with van der Waals surface area (Å²) >= 11 is 0. The summed E-state index contributed by atoms with van der Waals surface area (Å²) < 4.78 is 26.0. The smallest absolute Gasteiger partial charge is 0.251 e. The molecule has 1 fully saturated rings. The highest BCUT2D eigenvalue weighted by atomic mass is 32.2. The minimum Gasteiger partial charge on any atom is -0.348 e. The molecule has 0 aliphatic carbocycles. The number of rotatable bonds is 4. The summed E-state index contributed by atoms with van der Waals surface area (Å²) in [6.45, 7) is 2.72. The van der Waals surface area contributed by atoms with E-state index in [9.17, 15) is 13.2 Å². The molecule has 1 aliphatic rings. The van der Waals surface area contributed by atoms with E-state index < -0.39 is 10.0 Å². The zero-order chi connectivity index (χ0) is 17.9. The molecular formula is C18H21N3O3S. The van der Waals surface area contributed by atoms with Crippen LogP contribution in [0.4, 0.5) is 5.69 Å². The predicted molar refractivity (Wildman–Crippen MR) is 97.0 cm³/mol. The Labute approximate surface area is 147 Å². The Morgan fingerprint density at radius 2 is 2.12 bits per heavy atom. The van der Waals surface area contributed by atoms with Gasteiger partial charge in [-0.15, -0.1) is 0 Å². The lowest BCUT2D eigenvalue weighted by Crippen LogP contribution is -2.38. The Hall–Kier alpha value is -2.41. The first kappa shape index (κ1) is 17.4. The minimum atomic E-state index is -3.25. The van der Waals surface area contributed by atoms with Gasteiger partial charge < -0.3 is 5.32 Å². The lowest BCUT2D eigenvalue weighted by atomic mass is 10.1. The number of aryl methyl sites for hydroxylation is 1. The van der Waals surface area contributed by atoms with Crippen LogP contribution in [0, 0.1) is 6.92 Å². The highest BCUT2D eigenvalue weighted by Gasteiger charge is 2.27. The number of anilines is 1. The Morgan fingerprint density at radius 1 is 1.28 bits per heavy atom. The van der Waals surface area contributed by atoms with Crippen LogP contribution < -0.4 is 9.62 Å². The standard InChI is InChI=1S/C18H21N3O3S/c1-14-11-16(18(22)20-13-15-5-4-8-19-12-15)6-7-17(14)21-9-2-3-10-25(21,23)24/h4-8,11-12H,2-3,9-10,13H2,1H3,(H,20,22). The number of nitrogens with one attached hydrogen (secondary N) is 1. The van der Waals surface area contributed by atoms with Crippen LogP contribution in [0.1, 0.15) is 34.3 Å². The topological polar surface area (TPSA) is 79.4 Å². The fraction of sp³-hybridized carbons (Fsp3) is 0.333. The average Bonchev–Trinajstić information content (AvgIpc) is 2.60. The SMILES string of the molecule is Cc1cc(C(=O)NCc2cccnc2)ccc1N1CCCCS1(=O)=O. The maximum atomic E-state index is 12.3. The fourth-order valence-corrected chi connectivity index (χ4v) is 4.62. The second kappa shape index (κ2) is 7.23. The van der Waals surface area contributed by atoms with Crippen LogP contribution in [0.25, 0.3) is 0 Å². The first-order valence-corrected chi connectivity index (χ1v) is 9.86. The Morgan fingerprint density at radius 3 is 2.80 bits per heavy atom. The number of pyridine rings is 1. The molecule has 0 bridgehead atoms. The number of hydrogen-bond acceptors (Lipinski definition) is 4. The molecule has 1 N–H and O–H groups in total. The number of carbonyl (C=O) groups is 1. The number of amides is 1. The summed E-state index contributed by atoms with van der Waals surface area (Å²) in [4.78, 5) is 16.3. The Balaban J connectivity index is 1.74. The monoisotopic (exact) mass is 359 g/mol. The molecule has 7 heteroatoms. The zero-order valence-electron chi connectivity index (χ0n) is 14.1. The highest BCUT2D eigenvalue weighted by Crippen LogP contribution is 2.27. The van der Waals surface area contributed by atoms with Gasteiger partial charge in [-0.3, -0.25) is 14.1 Å². The lowest BCUT2D eigenvalue weighted by molar-refractivity contribution is 0.0951. The van der Waals surface area contributed by atoms with Crippen LogP contribution in [0.3, 0.4) is 0 Å². The van der Waals surface area contributed by atoms with Gasteiger partial charge in [0.05, 0.1) is 11.4 Å². The summed E-state index contributed by atoms with van der Waals surface area (Å²) in [5.74, 6) is -0.0141. The number of carbonyl (C=O) groups excluding carboxylic acids is 1. The van der Waals surface area contributed by atoms with Crippen molar-refractivity contribution in [2.75, 3.05) is 16.6 Å². The van der Waals surface area contributed by atoms with E-state index in [4.69, 9.17) is 0 Å². The van der Waals surface area contributed by atoms with E-state index in [0.29, 0.717) is 30.8 Å². The molecule has 2 heterocycles. The summed E-state index contributed by atoms with van der Waals surface area (Å²) in [6, 6.07) is 8.84. The third-order valence-corrected chi connectivity index (χ3v) is 6.11. The van der Waals surface area contributed by atoms with Gasteiger partial charge in [0, 0.05) is 31.0 Å². The van der Waals surface area contributed by atoms with Crippen molar-refractivity contribution in [3.05, 3.63) is 59.4 Å². The van der Waals surface area contributed by atoms with E-state index in [1.807, 2.05) is 19.1 Å². The van der Waals surface area contributed by atoms with Crippen molar-refractivity contribution < 1.29 is 13.2 Å². The molecule has 1 saturated heterocycles. The molecule has 2 aromatic rings. The Kier molecular flexibility index (Phi) is 5.03. The molecule has 0 saturated carbocycles. The van der Waals surface area contributed by atoms with Crippen molar-refractivity contribution in [1.82, 2.24) is 10.3 Å². The van der Waals surface area contributed by atoms with Gasteiger partial charge in [-0.05, 0) is 55.2 Å². The van der Waals surface area contributed by atoms with E-state index in [0.717, 1.165) is 17.5 Å². The summed E-state index contributed by atoms with van der Waals surface area (Å²) in [6.07, 6.45) is 4.94. The normalized spacial score (nSPS) is 16.4. The number of aromatic nitrogens is 1. The van der Waals surface area contributed by atoms with Crippen molar-refractivity contribution in [2.24, 2.45) is 0 Å². The van der Waals surface area contributed by atoms with Gasteiger partial charge >= 0.3 is 0 Å². The zero-order valence-corrected chi connectivity index (χ0v) is 14.9. The number of sulfonamides is 1. The average molecular weight is 359 g/mol. The van der Waals surface area contributed by atoms with E-state index >= 15 is 0 Å². The molecule has 1 amide bonds. The van der Waals surface area contributed by atoms with E-state index in [-0.39, 0.29) is 11.7 Å². The molecule has 1 aliphatic heterocycles. The number of hydrogen-bond donors (Lipinski definition) is 1. The van der Waals surface area contributed by atoms with Gasteiger partial charge in [0.1, 0.15) is 0 Å². The molecule has 0 radical (unpaired) electrons. The number of nitrogens with zero attached hydrogens (tertiary/aromatic N) is 2. The highest BCUT2D eigenvalue weighted by molar-refractivity contribution is 7.92. The van der Waals surface area contributed by atoms with Crippen molar-refractivity contribution in [3.63, 3.8) is 0 Å². The van der Waals surface area contributed by atoms with Gasteiger partial charge in [-0.2, -0.15) is 0 Å². The molecule has 1 aromatic heterocycles. The van der Waals surface area contributed by atoms with Gasteiger partial charge in [0.25, 0.3) is 5.91 Å². The molecule has 0 spiro atoms. The third-order valence-electron chi connectivity index (χ3n) is 4.25. The van der Waals surface area contributed by atoms with Gasteiger partial charge in [0.2, 0.25) is 10.0 Å². The van der Waals surface area contributed by atoms with Crippen LogP contribution in [-0.2, 0) is 16.6 Å². The largest absolute Gasteiger partial charge is 0.348 e. The lowest BCUT2D eigenvalue weighted by Gasteiger charge is -2.29. The maximum absolute atomic E-state index is 12.3. The van der Waals surface area contributed by atoms with Crippen LogP contribution in [0.2, 0.25) is 0 Å². The van der Waals surface area contributed by atoms with Gasteiger partial charge in [-0.1, -0.05) is 6.07 Å². The molecular weight excluding hydrogens is 338 g/mol. The number of benzene rings is 1. The molecule has 25 heavy (non-hydrogen) atoms. The minimum absolute atomic E-state index is 0.180. The van der Waals surface area contributed by atoms with Gasteiger partial charge in [-0.25, -0.2) is 8.42 Å². The third kappa shape index (κ3) is 3.99. The second-order valence-corrected chi connectivity index (χ2v) is 8.15. The molecule has 6 nitrogen and oxygen atoms in total.